The normalized spacial score (nSPS) is 14.7. The van der Waals surface area contributed by atoms with Gasteiger partial charge in [0.15, 0.2) is 0 Å². The third-order valence-electron chi connectivity index (χ3n) is 7.36. The predicted molar refractivity (Wildman–Crippen MR) is 159 cm³/mol. The van der Waals surface area contributed by atoms with Gasteiger partial charge in [0.05, 0.1) is 17.0 Å². The molecule has 7 nitrogen and oxygen atoms in total. The van der Waals surface area contributed by atoms with Gasteiger partial charge < -0.3 is 10.2 Å². The van der Waals surface area contributed by atoms with Gasteiger partial charge in [-0.05, 0) is 54.3 Å². The first-order valence-corrected chi connectivity index (χ1v) is 16.0. The molecule has 0 radical (unpaired) electrons. The van der Waals surface area contributed by atoms with E-state index in [2.05, 4.69) is 5.32 Å². The molecule has 1 aliphatic rings. The zero-order chi connectivity index (χ0) is 30.3. The van der Waals surface area contributed by atoms with Gasteiger partial charge in [0.2, 0.25) is 21.8 Å². The Labute approximate surface area is 250 Å². The number of rotatable bonds is 11. The first-order chi connectivity index (χ1) is 20.0. The molecule has 3 aromatic carbocycles. The van der Waals surface area contributed by atoms with Crippen LogP contribution in [0.1, 0.15) is 43.2 Å². The summed E-state index contributed by atoms with van der Waals surface area (Å²) in [5.41, 5.74) is 1.37. The molecule has 2 amide bonds. The highest BCUT2D eigenvalue weighted by Crippen LogP contribution is 2.26. The second-order valence-electron chi connectivity index (χ2n) is 10.6. The number of carbonyl (C=O) groups excluding carboxylic acids is 2. The summed E-state index contributed by atoms with van der Waals surface area (Å²) in [6.45, 7) is -0.736. The van der Waals surface area contributed by atoms with E-state index in [1.165, 1.54) is 35.2 Å². The number of sulfonamides is 1. The Morgan fingerprint density at radius 2 is 1.62 bits per heavy atom. The monoisotopic (exact) mass is 617 g/mol. The van der Waals surface area contributed by atoms with Gasteiger partial charge in [-0.2, -0.15) is 0 Å². The highest BCUT2D eigenvalue weighted by Gasteiger charge is 2.34. The van der Waals surface area contributed by atoms with E-state index in [1.807, 2.05) is 30.3 Å². The van der Waals surface area contributed by atoms with Gasteiger partial charge in [-0.3, -0.25) is 13.9 Å². The standard InChI is InChI=1S/C31H34ClF2N3O4S/c1-42(40,41)37(26-16-17-28(34)27(32)19-26)21-30(38)36(20-23-12-14-24(33)15-13-23)29(18-22-8-4-2-5-9-22)31(39)35-25-10-6-3-7-11-25/h2,4-5,8-9,12-17,19,25,29H,3,6-7,10-11,18,20-21H2,1H3,(H,35,39)/t29-/m0/s1. The van der Waals surface area contributed by atoms with Crippen molar-refractivity contribution in [1.29, 1.82) is 0 Å². The van der Waals surface area contributed by atoms with Crippen LogP contribution >= 0.6 is 11.6 Å². The van der Waals surface area contributed by atoms with E-state index < -0.39 is 40.2 Å². The molecular weight excluding hydrogens is 584 g/mol. The van der Waals surface area contributed by atoms with Crippen molar-refractivity contribution in [3.63, 3.8) is 0 Å². The van der Waals surface area contributed by atoms with E-state index in [0.29, 0.717) is 5.56 Å². The number of anilines is 1. The molecule has 0 aromatic heterocycles. The summed E-state index contributed by atoms with van der Waals surface area (Å²) >= 11 is 5.93. The summed E-state index contributed by atoms with van der Waals surface area (Å²) in [6.07, 6.45) is 5.87. The van der Waals surface area contributed by atoms with Crippen LogP contribution in [0.15, 0.2) is 72.8 Å². The molecule has 0 spiro atoms. The number of nitrogens with zero attached hydrogens (tertiary/aromatic N) is 2. The third-order valence-corrected chi connectivity index (χ3v) is 8.79. The molecule has 0 bridgehead atoms. The number of hydrogen-bond donors (Lipinski definition) is 1. The highest BCUT2D eigenvalue weighted by molar-refractivity contribution is 7.92. The lowest BCUT2D eigenvalue weighted by Crippen LogP contribution is -2.55. The molecule has 1 fully saturated rings. The van der Waals surface area contributed by atoms with Crippen molar-refractivity contribution in [3.05, 3.63) is 101 Å². The summed E-state index contributed by atoms with van der Waals surface area (Å²) in [4.78, 5) is 29.3. The molecule has 1 saturated carbocycles. The van der Waals surface area contributed by atoms with E-state index in [1.54, 1.807) is 0 Å². The summed E-state index contributed by atoms with van der Waals surface area (Å²) in [7, 11) is -4.03. The van der Waals surface area contributed by atoms with Crippen LogP contribution in [-0.4, -0.2) is 50.0 Å². The van der Waals surface area contributed by atoms with Gasteiger partial charge in [0.25, 0.3) is 0 Å². The lowest BCUT2D eigenvalue weighted by Gasteiger charge is -2.35. The molecule has 1 aliphatic carbocycles. The number of amides is 2. The van der Waals surface area contributed by atoms with E-state index in [4.69, 9.17) is 11.6 Å². The lowest BCUT2D eigenvalue weighted by molar-refractivity contribution is -0.140. The molecule has 0 saturated heterocycles. The molecule has 3 aromatic rings. The average molecular weight is 618 g/mol. The molecule has 1 N–H and O–H groups in total. The van der Waals surface area contributed by atoms with Crippen LogP contribution in [0.3, 0.4) is 0 Å². The minimum absolute atomic E-state index is 0.00486. The molecule has 42 heavy (non-hydrogen) atoms. The van der Waals surface area contributed by atoms with Crippen molar-refractivity contribution in [2.24, 2.45) is 0 Å². The molecule has 1 atom stereocenters. The zero-order valence-electron chi connectivity index (χ0n) is 23.3. The molecule has 11 heteroatoms. The fourth-order valence-electron chi connectivity index (χ4n) is 5.14. The Morgan fingerprint density at radius 3 is 2.24 bits per heavy atom. The first-order valence-electron chi connectivity index (χ1n) is 13.8. The number of halogens is 3. The Balaban J connectivity index is 1.72. The van der Waals surface area contributed by atoms with Crippen LogP contribution in [-0.2, 0) is 32.6 Å². The predicted octanol–water partition coefficient (Wildman–Crippen LogP) is 5.47. The minimum atomic E-state index is -4.03. The maximum atomic E-state index is 14.1. The molecular formula is C31H34ClF2N3O4S. The van der Waals surface area contributed by atoms with Crippen molar-refractivity contribution in [1.82, 2.24) is 10.2 Å². The van der Waals surface area contributed by atoms with E-state index in [9.17, 15) is 26.8 Å². The van der Waals surface area contributed by atoms with Crippen LogP contribution < -0.4 is 9.62 Å². The van der Waals surface area contributed by atoms with Gasteiger partial charge >= 0.3 is 0 Å². The van der Waals surface area contributed by atoms with Crippen molar-refractivity contribution >= 4 is 39.1 Å². The van der Waals surface area contributed by atoms with Gasteiger partial charge in [-0.15, -0.1) is 0 Å². The number of carbonyl (C=O) groups is 2. The maximum absolute atomic E-state index is 14.1. The minimum Gasteiger partial charge on any atom is -0.352 e. The van der Waals surface area contributed by atoms with Gasteiger partial charge in [-0.25, -0.2) is 17.2 Å². The van der Waals surface area contributed by atoms with Crippen LogP contribution in [0.5, 0.6) is 0 Å². The fraction of sp³-hybridized carbons (Fsp3) is 0.355. The van der Waals surface area contributed by atoms with Gasteiger partial charge in [-0.1, -0.05) is 73.3 Å². The van der Waals surface area contributed by atoms with Crippen LogP contribution in [0.25, 0.3) is 0 Å². The third kappa shape index (κ3) is 8.51. The van der Waals surface area contributed by atoms with Crippen molar-refractivity contribution in [2.45, 2.75) is 57.2 Å². The Morgan fingerprint density at radius 1 is 0.952 bits per heavy atom. The molecule has 4 rings (SSSR count). The Bertz CT molecular complexity index is 1480. The molecule has 224 valence electrons. The summed E-state index contributed by atoms with van der Waals surface area (Å²) in [6, 6.07) is 17.1. The van der Waals surface area contributed by atoms with Crippen molar-refractivity contribution in [2.75, 3.05) is 17.1 Å². The highest BCUT2D eigenvalue weighted by atomic mass is 35.5. The van der Waals surface area contributed by atoms with E-state index in [-0.39, 0.29) is 35.6 Å². The van der Waals surface area contributed by atoms with E-state index >= 15 is 0 Å². The quantitative estimate of drug-likeness (QED) is 0.309. The average Bonchev–Trinajstić information content (AvgIpc) is 2.96. The van der Waals surface area contributed by atoms with Gasteiger partial charge in [0, 0.05) is 19.0 Å². The van der Waals surface area contributed by atoms with Gasteiger partial charge in [0.1, 0.15) is 24.2 Å². The number of nitrogens with one attached hydrogen (secondary N) is 1. The van der Waals surface area contributed by atoms with Crippen molar-refractivity contribution < 1.29 is 26.8 Å². The summed E-state index contributed by atoms with van der Waals surface area (Å²) in [5.74, 6) is -2.20. The van der Waals surface area contributed by atoms with Crippen molar-refractivity contribution in [3.8, 4) is 0 Å². The SMILES string of the molecule is CS(=O)(=O)N(CC(=O)N(Cc1ccc(F)cc1)[C@@H](Cc1ccccc1)C(=O)NC1CCCCC1)c1ccc(F)c(Cl)c1. The topological polar surface area (TPSA) is 86.8 Å². The second-order valence-corrected chi connectivity index (χ2v) is 12.9. The van der Waals surface area contributed by atoms with E-state index in [0.717, 1.165) is 60.4 Å². The Hall–Kier alpha value is -3.50. The Kier molecular flexibility index (Phi) is 10.6. The van der Waals surface area contributed by atoms with Crippen LogP contribution in [0.4, 0.5) is 14.5 Å². The first kappa shape index (κ1) is 31.4. The molecule has 0 unspecified atom stereocenters. The van der Waals surface area contributed by atoms with Crippen LogP contribution in [0, 0.1) is 11.6 Å². The number of benzene rings is 3. The fourth-order valence-corrected chi connectivity index (χ4v) is 6.15. The second kappa shape index (κ2) is 14.1. The lowest BCUT2D eigenvalue weighted by atomic mass is 9.94. The summed E-state index contributed by atoms with van der Waals surface area (Å²) in [5, 5.41) is 2.81. The largest absolute Gasteiger partial charge is 0.352 e. The smallest absolute Gasteiger partial charge is 0.244 e. The maximum Gasteiger partial charge on any atom is 0.244 e. The van der Waals surface area contributed by atoms with Crippen LogP contribution in [0.2, 0.25) is 5.02 Å². The molecule has 0 heterocycles. The summed E-state index contributed by atoms with van der Waals surface area (Å²) < 4.78 is 54.1. The molecule has 0 aliphatic heterocycles. The number of hydrogen-bond acceptors (Lipinski definition) is 4. The zero-order valence-corrected chi connectivity index (χ0v) is 24.9.